The van der Waals surface area contributed by atoms with Crippen LogP contribution >= 0.6 is 0 Å². The Morgan fingerprint density at radius 1 is 1.17 bits per heavy atom. The van der Waals surface area contributed by atoms with Crippen LogP contribution in [0.5, 0.6) is 0 Å². The van der Waals surface area contributed by atoms with E-state index in [4.69, 9.17) is 9.41 Å². The van der Waals surface area contributed by atoms with Crippen LogP contribution in [-0.4, -0.2) is 20.2 Å². The zero-order valence-corrected chi connectivity index (χ0v) is 2.88. The van der Waals surface area contributed by atoms with Gasteiger partial charge in [0.05, 0.1) is 0 Å². The third-order valence-electron chi connectivity index (χ3n) is 0.111. The molecule has 0 aliphatic rings. The molecule has 0 saturated heterocycles. The Labute approximate surface area is 35.4 Å². The average Bonchev–Trinajstić information content (AvgIpc) is 1.41. The van der Waals surface area contributed by atoms with E-state index in [0.29, 0.717) is 0 Å². The van der Waals surface area contributed by atoms with E-state index in [1.165, 1.54) is 0 Å². The van der Waals surface area contributed by atoms with Gasteiger partial charge in [-0.15, -0.1) is 0 Å². The summed E-state index contributed by atoms with van der Waals surface area (Å²) in [5.74, 6) is 0. The maximum absolute atomic E-state index is 8.95. The number of hydrogen-bond donors (Lipinski definition) is 0. The molecule has 0 aromatic heterocycles. The quantitative estimate of drug-likeness (QED) is 0.370. The number of hydrogen-bond acceptors (Lipinski definition) is 3. The summed E-state index contributed by atoms with van der Waals surface area (Å²) in [5, 5.41) is 0. The molecule has 0 aromatic rings. The molecule has 0 heterocycles. The van der Waals surface area contributed by atoms with E-state index < -0.39 is 0 Å². The van der Waals surface area contributed by atoms with Crippen LogP contribution in [0.3, 0.4) is 0 Å². The Hall–Kier alpha value is -0.510. The van der Waals surface area contributed by atoms with Crippen LogP contribution < -0.4 is 0 Å². The van der Waals surface area contributed by atoms with Crippen LogP contribution in [-0.2, 0) is 14.0 Å². The molecule has 0 spiro atoms. The van der Waals surface area contributed by atoms with E-state index in [2.05, 4.69) is 4.57 Å². The molecule has 0 fully saturated rings. The van der Waals surface area contributed by atoms with Crippen molar-refractivity contribution in [3.8, 4) is 0 Å². The van der Waals surface area contributed by atoms with Gasteiger partial charge >= 0.3 is 28.7 Å². The molecule has 2 N–H and O–H groups in total. The fourth-order valence-corrected chi connectivity index (χ4v) is 0.0227. The molecule has 32 valence electrons. The van der Waals surface area contributed by atoms with E-state index >= 15 is 0 Å². The summed E-state index contributed by atoms with van der Waals surface area (Å²) in [7, 11) is 0.125. The molecule has 4 nitrogen and oxygen atoms in total. The molecule has 0 radical (unpaired) electrons. The van der Waals surface area contributed by atoms with E-state index in [0.717, 1.165) is 0 Å². The molecule has 0 aliphatic heterocycles. The molecule has 6 heavy (non-hydrogen) atoms. The standard InChI is InChI=1S/B2O3.H2O/c3-1-5-2-4;/h;1H2. The first-order valence-electron chi connectivity index (χ1n) is 0.943. The minimum absolute atomic E-state index is 0. The van der Waals surface area contributed by atoms with Gasteiger partial charge in [0.1, 0.15) is 0 Å². The van der Waals surface area contributed by atoms with Crippen molar-refractivity contribution in [2.75, 3.05) is 0 Å². The van der Waals surface area contributed by atoms with Crippen molar-refractivity contribution < 1.29 is 19.5 Å². The Bertz CT molecular complexity index is 34.8. The van der Waals surface area contributed by atoms with Crippen LogP contribution in [0.2, 0.25) is 0 Å². The molecule has 0 bridgehead atoms. The van der Waals surface area contributed by atoms with Gasteiger partial charge in [-0.3, -0.25) is 0 Å². The van der Waals surface area contributed by atoms with Gasteiger partial charge in [0.15, 0.2) is 0 Å². The van der Waals surface area contributed by atoms with E-state index in [-0.39, 0.29) is 20.2 Å². The van der Waals surface area contributed by atoms with Gasteiger partial charge in [0.25, 0.3) is 0 Å². The summed E-state index contributed by atoms with van der Waals surface area (Å²) < 4.78 is 21.4. The summed E-state index contributed by atoms with van der Waals surface area (Å²) in [6.07, 6.45) is 0. The van der Waals surface area contributed by atoms with Crippen molar-refractivity contribution in [3.63, 3.8) is 0 Å². The van der Waals surface area contributed by atoms with Gasteiger partial charge in [-0.1, -0.05) is 0 Å². The summed E-state index contributed by atoms with van der Waals surface area (Å²) in [6.45, 7) is 0. The second-order valence-corrected chi connectivity index (χ2v) is 0.329. The van der Waals surface area contributed by atoms with Crippen molar-refractivity contribution in [2.24, 2.45) is 0 Å². The SMILES string of the molecule is O.O=BOB=O. The third-order valence-corrected chi connectivity index (χ3v) is 0.111. The Balaban J connectivity index is 0. The molecule has 0 amide bonds. The summed E-state index contributed by atoms with van der Waals surface area (Å²) in [4.78, 5) is 0. The molecule has 6 heteroatoms. The first-order chi connectivity index (χ1) is 2.41. The van der Waals surface area contributed by atoms with Gasteiger partial charge in [0.2, 0.25) is 0 Å². The molecule has 0 saturated carbocycles. The Kier molecular flexibility index (Phi) is 13.4. The van der Waals surface area contributed by atoms with Gasteiger partial charge < -0.3 is 5.48 Å². The molecular formula is H2B2O4. The molecule has 0 aliphatic carbocycles. The Morgan fingerprint density at radius 3 is 1.50 bits per heavy atom. The zero-order chi connectivity index (χ0) is 4.12. The Morgan fingerprint density at radius 2 is 1.50 bits per heavy atom. The molecule has 0 atom stereocenters. The predicted octanol–water partition coefficient (Wildman–Crippen LogP) is -1.89. The van der Waals surface area contributed by atoms with Crippen LogP contribution in [0, 0.1) is 0 Å². The summed E-state index contributed by atoms with van der Waals surface area (Å²) in [6, 6.07) is 0. The van der Waals surface area contributed by atoms with Gasteiger partial charge in [-0.25, -0.2) is 0 Å². The van der Waals surface area contributed by atoms with Crippen molar-refractivity contribution in [3.05, 3.63) is 0 Å². The predicted molar refractivity (Wildman–Crippen MR) is 17.6 cm³/mol. The van der Waals surface area contributed by atoms with E-state index in [1.54, 1.807) is 0 Å². The van der Waals surface area contributed by atoms with Crippen molar-refractivity contribution in [2.45, 2.75) is 0 Å². The minimum atomic E-state index is 0. The topological polar surface area (TPSA) is 74.9 Å². The summed E-state index contributed by atoms with van der Waals surface area (Å²) >= 11 is 0. The fourth-order valence-electron chi connectivity index (χ4n) is 0.0227. The number of rotatable bonds is 2. The van der Waals surface area contributed by atoms with E-state index in [9.17, 15) is 0 Å². The first kappa shape index (κ1) is 9.09. The fraction of sp³-hybridized carbons (Fsp3) is 0. The second-order valence-electron chi connectivity index (χ2n) is 0.329. The van der Waals surface area contributed by atoms with Crippen molar-refractivity contribution in [1.29, 1.82) is 0 Å². The van der Waals surface area contributed by atoms with Gasteiger partial charge in [-0.2, -0.15) is 0 Å². The van der Waals surface area contributed by atoms with Crippen LogP contribution in [0.15, 0.2) is 0 Å². The van der Waals surface area contributed by atoms with Crippen LogP contribution in [0.1, 0.15) is 0 Å². The molecular weight excluding hydrogens is 85.6 g/mol. The average molecular weight is 87.6 g/mol. The second kappa shape index (κ2) is 8.82. The first-order valence-corrected chi connectivity index (χ1v) is 0.943. The molecule has 0 rings (SSSR count). The van der Waals surface area contributed by atoms with Gasteiger partial charge in [-0.05, 0) is 0 Å². The van der Waals surface area contributed by atoms with Crippen LogP contribution in [0.25, 0.3) is 0 Å². The van der Waals surface area contributed by atoms with E-state index in [1.807, 2.05) is 0 Å². The maximum atomic E-state index is 8.95. The summed E-state index contributed by atoms with van der Waals surface area (Å²) in [5.41, 5.74) is 0. The molecule has 0 aromatic carbocycles. The normalized spacial score (nSPS) is 3.33. The van der Waals surface area contributed by atoms with Crippen molar-refractivity contribution in [1.82, 2.24) is 0 Å². The zero-order valence-electron chi connectivity index (χ0n) is 2.88. The monoisotopic (exact) mass is 88.0 g/mol. The van der Waals surface area contributed by atoms with Crippen LogP contribution in [0.4, 0.5) is 0 Å². The third kappa shape index (κ3) is 9.75. The van der Waals surface area contributed by atoms with Crippen molar-refractivity contribution >= 4 is 14.7 Å². The molecule has 0 unspecified atom stereocenters. The van der Waals surface area contributed by atoms with Gasteiger partial charge in [0, 0.05) is 0 Å².